The number of ether oxygens (including phenoxy) is 5. The van der Waals surface area contributed by atoms with E-state index >= 15 is 0 Å². The van der Waals surface area contributed by atoms with Gasteiger partial charge in [-0.25, -0.2) is 4.79 Å². The number of carbonyl (C=O) groups excluding carboxylic acids is 4. The van der Waals surface area contributed by atoms with Gasteiger partial charge in [0.1, 0.15) is 17.4 Å². The van der Waals surface area contributed by atoms with Crippen molar-refractivity contribution in [2.45, 2.75) is 70.9 Å². The molecule has 0 radical (unpaired) electrons. The van der Waals surface area contributed by atoms with E-state index in [1.165, 1.54) is 19.2 Å². The second-order valence-corrected chi connectivity index (χ2v) is 8.85. The molecule has 0 saturated carbocycles. The third-order valence-corrected chi connectivity index (χ3v) is 5.37. The lowest BCUT2D eigenvalue weighted by Crippen LogP contribution is -2.53. The van der Waals surface area contributed by atoms with Gasteiger partial charge in [-0.1, -0.05) is 38.1 Å². The molecule has 2 aromatic carbocycles. The number of esters is 3. The molecule has 0 spiro atoms. The summed E-state index contributed by atoms with van der Waals surface area (Å²) in [6.45, 7) is 5.25. The second-order valence-electron chi connectivity index (χ2n) is 8.85. The van der Waals surface area contributed by atoms with Crippen LogP contribution in [0.1, 0.15) is 58.4 Å². The summed E-state index contributed by atoms with van der Waals surface area (Å²) >= 11 is 0. The number of hydrogen-bond donors (Lipinski definition) is 1. The molecule has 2 rings (SSSR count). The van der Waals surface area contributed by atoms with Gasteiger partial charge in [0.05, 0.1) is 7.11 Å². The molecule has 1 unspecified atom stereocenters. The van der Waals surface area contributed by atoms with Crippen LogP contribution in [0.3, 0.4) is 0 Å². The van der Waals surface area contributed by atoms with Gasteiger partial charge in [0.2, 0.25) is 0 Å². The van der Waals surface area contributed by atoms with Gasteiger partial charge in [0.25, 0.3) is 0 Å². The van der Waals surface area contributed by atoms with E-state index in [9.17, 15) is 19.2 Å². The van der Waals surface area contributed by atoms with E-state index in [1.807, 2.05) is 13.8 Å². The van der Waals surface area contributed by atoms with Crippen molar-refractivity contribution in [3.63, 3.8) is 0 Å². The van der Waals surface area contributed by atoms with Crippen LogP contribution in [-0.2, 0) is 30.3 Å². The summed E-state index contributed by atoms with van der Waals surface area (Å²) in [5.74, 6) is -1.27. The summed E-state index contributed by atoms with van der Waals surface area (Å²) in [4.78, 5) is 49.1. The van der Waals surface area contributed by atoms with Gasteiger partial charge in [0, 0.05) is 25.7 Å². The van der Waals surface area contributed by atoms with Gasteiger partial charge in [0.15, 0.2) is 11.5 Å². The molecular weight excluding hydrogens is 494 g/mol. The largest absolute Gasteiger partial charge is 0.514 e. The predicted molar refractivity (Wildman–Crippen MR) is 138 cm³/mol. The lowest BCUT2D eigenvalue weighted by atomic mass is 9.86. The van der Waals surface area contributed by atoms with E-state index in [2.05, 4.69) is 0 Å². The molecule has 0 saturated heterocycles. The molecule has 0 aliphatic carbocycles. The van der Waals surface area contributed by atoms with E-state index in [4.69, 9.17) is 29.4 Å². The summed E-state index contributed by atoms with van der Waals surface area (Å²) in [6, 6.07) is 13.0. The minimum absolute atomic E-state index is 0.0355. The van der Waals surface area contributed by atoms with Gasteiger partial charge < -0.3 is 29.4 Å². The highest BCUT2D eigenvalue weighted by Gasteiger charge is 2.38. The zero-order chi connectivity index (χ0) is 28.1. The zero-order valence-corrected chi connectivity index (χ0v) is 22.2. The van der Waals surface area contributed by atoms with Gasteiger partial charge >= 0.3 is 24.1 Å². The Balaban J connectivity index is 2.22. The molecule has 10 nitrogen and oxygen atoms in total. The Morgan fingerprint density at radius 2 is 1.47 bits per heavy atom. The third kappa shape index (κ3) is 9.51. The van der Waals surface area contributed by atoms with Crippen molar-refractivity contribution in [1.29, 1.82) is 0 Å². The molecule has 0 aliphatic heterocycles. The minimum atomic E-state index is -1.60. The average Bonchev–Trinajstić information content (AvgIpc) is 2.85. The Bertz CT molecular complexity index is 1100. The standard InChI is InChI=1S/C28H35NO9/c1-5-10-24(30)37-22-15-14-20(16-23(22)38-25(31)11-6-2)18-28(29,26(32)34-4)17-19(3)35-27(33)36-21-12-8-7-9-13-21/h7-9,12-16,19H,5-6,10-11,17-18,29H2,1-4H3/t19?,28-/m1/s1. The lowest BCUT2D eigenvalue weighted by molar-refractivity contribution is -0.148. The zero-order valence-electron chi connectivity index (χ0n) is 22.2. The second kappa shape index (κ2) is 14.7. The molecule has 0 aliphatic rings. The van der Waals surface area contributed by atoms with Crippen LogP contribution in [-0.4, -0.2) is 42.8 Å². The van der Waals surface area contributed by atoms with E-state index in [-0.39, 0.29) is 37.2 Å². The molecule has 2 N–H and O–H groups in total. The van der Waals surface area contributed by atoms with E-state index in [0.717, 1.165) is 0 Å². The average molecular weight is 530 g/mol. The van der Waals surface area contributed by atoms with Gasteiger partial charge in [-0.15, -0.1) is 0 Å². The van der Waals surface area contributed by atoms with Crippen molar-refractivity contribution in [1.82, 2.24) is 0 Å². The highest BCUT2D eigenvalue weighted by Crippen LogP contribution is 2.32. The molecule has 2 aromatic rings. The lowest BCUT2D eigenvalue weighted by Gasteiger charge is -2.29. The summed E-state index contributed by atoms with van der Waals surface area (Å²) in [7, 11) is 1.20. The molecule has 206 valence electrons. The van der Waals surface area contributed by atoms with Gasteiger partial charge in [-0.3, -0.25) is 14.4 Å². The van der Waals surface area contributed by atoms with Crippen LogP contribution in [0.4, 0.5) is 4.79 Å². The maximum atomic E-state index is 12.7. The third-order valence-electron chi connectivity index (χ3n) is 5.37. The quantitative estimate of drug-likeness (QED) is 0.224. The normalized spacial score (nSPS) is 13.0. The van der Waals surface area contributed by atoms with Crippen molar-refractivity contribution in [2.24, 2.45) is 5.73 Å². The summed E-state index contributed by atoms with van der Waals surface area (Å²) in [5, 5.41) is 0. The molecule has 10 heteroatoms. The predicted octanol–water partition coefficient (Wildman–Crippen LogP) is 4.50. The van der Waals surface area contributed by atoms with Crippen LogP contribution in [0.25, 0.3) is 0 Å². The van der Waals surface area contributed by atoms with Crippen LogP contribution in [0.2, 0.25) is 0 Å². The number of hydrogen-bond acceptors (Lipinski definition) is 10. The van der Waals surface area contributed by atoms with Crippen molar-refractivity contribution in [2.75, 3.05) is 7.11 Å². The maximum Gasteiger partial charge on any atom is 0.514 e. The smallest absolute Gasteiger partial charge is 0.468 e. The number of para-hydroxylation sites is 1. The van der Waals surface area contributed by atoms with Crippen LogP contribution < -0.4 is 19.9 Å². The Kier molecular flexibility index (Phi) is 11.7. The first kappa shape index (κ1) is 30.3. The van der Waals surface area contributed by atoms with Crippen molar-refractivity contribution < 1.29 is 42.9 Å². The van der Waals surface area contributed by atoms with Crippen molar-refractivity contribution in [3.05, 3.63) is 54.1 Å². The molecule has 0 bridgehead atoms. The van der Waals surface area contributed by atoms with Crippen LogP contribution in [0, 0.1) is 0 Å². The molecule has 0 amide bonds. The Morgan fingerprint density at radius 3 is 2.05 bits per heavy atom. The number of carbonyl (C=O) groups is 4. The maximum absolute atomic E-state index is 12.7. The van der Waals surface area contributed by atoms with Crippen molar-refractivity contribution in [3.8, 4) is 17.2 Å². The fraction of sp³-hybridized carbons (Fsp3) is 0.429. The Labute approximate surface area is 222 Å². The first-order valence-corrected chi connectivity index (χ1v) is 12.4. The monoisotopic (exact) mass is 529 g/mol. The highest BCUT2D eigenvalue weighted by atomic mass is 16.7. The molecule has 2 atom stereocenters. The molecule has 38 heavy (non-hydrogen) atoms. The number of nitrogens with two attached hydrogens (primary N) is 1. The van der Waals surface area contributed by atoms with E-state index in [1.54, 1.807) is 43.3 Å². The SMILES string of the molecule is CCCC(=O)Oc1ccc(C[C@](N)(CC(C)OC(=O)Oc2ccccc2)C(=O)OC)cc1OC(=O)CCC. The molecule has 0 fully saturated rings. The van der Waals surface area contributed by atoms with Crippen molar-refractivity contribution >= 4 is 24.1 Å². The number of benzene rings is 2. The first-order valence-electron chi connectivity index (χ1n) is 12.4. The van der Waals surface area contributed by atoms with Crippen LogP contribution in [0.5, 0.6) is 17.2 Å². The molecular formula is C28H35NO9. The number of methoxy groups -OCH3 is 1. The molecule has 0 heterocycles. The Morgan fingerprint density at radius 1 is 0.868 bits per heavy atom. The first-order chi connectivity index (χ1) is 18.1. The fourth-order valence-electron chi connectivity index (χ4n) is 3.71. The van der Waals surface area contributed by atoms with E-state index in [0.29, 0.717) is 24.2 Å². The van der Waals surface area contributed by atoms with Crippen LogP contribution >= 0.6 is 0 Å². The molecule has 0 aromatic heterocycles. The Hall–Kier alpha value is -3.92. The van der Waals surface area contributed by atoms with Gasteiger partial charge in [-0.2, -0.15) is 0 Å². The summed E-state index contributed by atoms with van der Waals surface area (Å²) in [5.41, 5.74) is 5.37. The summed E-state index contributed by atoms with van der Waals surface area (Å²) in [6.07, 6.45) is -0.375. The summed E-state index contributed by atoms with van der Waals surface area (Å²) < 4.78 is 26.2. The van der Waals surface area contributed by atoms with E-state index < -0.39 is 35.7 Å². The number of rotatable bonds is 13. The fourth-order valence-corrected chi connectivity index (χ4v) is 3.71. The topological polar surface area (TPSA) is 140 Å². The minimum Gasteiger partial charge on any atom is -0.468 e. The van der Waals surface area contributed by atoms with Crippen LogP contribution in [0.15, 0.2) is 48.5 Å². The van der Waals surface area contributed by atoms with Gasteiger partial charge in [-0.05, 0) is 49.6 Å². The highest BCUT2D eigenvalue weighted by molar-refractivity contribution is 5.81.